The smallest absolute Gasteiger partial charge is 0.106 e. The Balaban J connectivity index is 2.13. The van der Waals surface area contributed by atoms with Crippen LogP contribution in [0.1, 0.15) is 66.9 Å². The van der Waals surface area contributed by atoms with Crippen molar-refractivity contribution in [2.45, 2.75) is 71.6 Å². The van der Waals surface area contributed by atoms with Gasteiger partial charge in [-0.2, -0.15) is 0 Å². The maximum absolute atomic E-state index is 6.34. The molecule has 0 aromatic heterocycles. The van der Waals surface area contributed by atoms with Gasteiger partial charge in [0.15, 0.2) is 0 Å². The molecule has 1 aromatic rings. The summed E-state index contributed by atoms with van der Waals surface area (Å²) in [6, 6.07) is 6.22. The Hall–Kier alpha value is -1.32. The second-order valence-corrected chi connectivity index (χ2v) is 10.5. The molecule has 0 amide bonds. The standard InChI is InChI=1S/C24H35ClN2S/c1-15(2)21-10-9-11-22(16(3)4)23(21)26-17(5)27-28-20-13-18(24(6,7)8)12-19(25)14-20/h10,12-16,26-27H,5,9,11H2,1-4,6-8H3. The third kappa shape index (κ3) is 6.09. The van der Waals surface area contributed by atoms with Crippen LogP contribution in [0.2, 0.25) is 5.02 Å². The Labute approximate surface area is 181 Å². The molecule has 2 nitrogen and oxygen atoms in total. The second-order valence-electron chi connectivity index (χ2n) is 9.14. The van der Waals surface area contributed by atoms with E-state index in [9.17, 15) is 0 Å². The fourth-order valence-electron chi connectivity index (χ4n) is 3.40. The lowest BCUT2D eigenvalue weighted by Crippen LogP contribution is -2.26. The molecule has 0 fully saturated rings. The molecule has 154 valence electrons. The van der Waals surface area contributed by atoms with Crippen molar-refractivity contribution in [1.29, 1.82) is 0 Å². The highest BCUT2D eigenvalue weighted by Gasteiger charge is 2.21. The van der Waals surface area contributed by atoms with Crippen molar-refractivity contribution in [2.75, 3.05) is 0 Å². The van der Waals surface area contributed by atoms with Gasteiger partial charge in [0.2, 0.25) is 0 Å². The summed E-state index contributed by atoms with van der Waals surface area (Å²) in [7, 11) is 0. The average molecular weight is 419 g/mol. The highest BCUT2D eigenvalue weighted by molar-refractivity contribution is 7.97. The van der Waals surface area contributed by atoms with E-state index in [1.54, 1.807) is 11.9 Å². The molecular weight excluding hydrogens is 384 g/mol. The van der Waals surface area contributed by atoms with Gasteiger partial charge in [-0.3, -0.25) is 0 Å². The van der Waals surface area contributed by atoms with Crippen molar-refractivity contribution in [3.8, 4) is 0 Å². The average Bonchev–Trinajstić information content (AvgIpc) is 2.58. The summed E-state index contributed by atoms with van der Waals surface area (Å²) in [5, 5.41) is 4.32. The molecule has 0 aliphatic heterocycles. The first kappa shape index (κ1) is 23.0. The van der Waals surface area contributed by atoms with E-state index in [-0.39, 0.29) is 5.41 Å². The van der Waals surface area contributed by atoms with Gasteiger partial charge < -0.3 is 10.0 Å². The summed E-state index contributed by atoms with van der Waals surface area (Å²) < 4.78 is 3.36. The zero-order chi connectivity index (χ0) is 21.1. The fourth-order valence-corrected chi connectivity index (χ4v) is 4.37. The maximum atomic E-state index is 6.34. The first-order valence-electron chi connectivity index (χ1n) is 10.1. The van der Waals surface area contributed by atoms with Crippen LogP contribution in [-0.4, -0.2) is 0 Å². The van der Waals surface area contributed by atoms with E-state index < -0.39 is 0 Å². The van der Waals surface area contributed by atoms with Crippen molar-refractivity contribution in [3.63, 3.8) is 0 Å². The third-order valence-corrected chi connectivity index (χ3v) is 6.05. The van der Waals surface area contributed by atoms with Crippen LogP contribution in [0.4, 0.5) is 0 Å². The number of hydrogen-bond donors (Lipinski definition) is 2. The minimum absolute atomic E-state index is 0.0610. The molecule has 1 aliphatic rings. The minimum Gasteiger partial charge on any atom is -0.342 e. The lowest BCUT2D eigenvalue weighted by Gasteiger charge is -2.28. The van der Waals surface area contributed by atoms with E-state index >= 15 is 0 Å². The molecular formula is C24H35ClN2S. The lowest BCUT2D eigenvalue weighted by molar-refractivity contribution is 0.588. The molecule has 0 radical (unpaired) electrons. The number of allylic oxidation sites excluding steroid dienone is 3. The van der Waals surface area contributed by atoms with Crippen LogP contribution in [0, 0.1) is 11.8 Å². The second kappa shape index (κ2) is 9.45. The molecule has 0 heterocycles. The van der Waals surface area contributed by atoms with E-state index in [2.05, 4.69) is 77.2 Å². The van der Waals surface area contributed by atoms with Gasteiger partial charge in [-0.1, -0.05) is 72.7 Å². The largest absolute Gasteiger partial charge is 0.342 e. The molecule has 0 spiro atoms. The number of nitrogens with one attached hydrogen (secondary N) is 2. The first-order chi connectivity index (χ1) is 13.0. The number of benzene rings is 1. The molecule has 28 heavy (non-hydrogen) atoms. The number of halogens is 1. The van der Waals surface area contributed by atoms with Crippen LogP contribution in [0.3, 0.4) is 0 Å². The van der Waals surface area contributed by atoms with Gasteiger partial charge in [0.25, 0.3) is 0 Å². The lowest BCUT2D eigenvalue weighted by atomic mass is 9.84. The number of rotatable bonds is 7. The molecule has 1 aliphatic carbocycles. The third-order valence-electron chi connectivity index (χ3n) is 5.01. The molecule has 1 aromatic carbocycles. The van der Waals surface area contributed by atoms with Crippen molar-refractivity contribution in [1.82, 2.24) is 10.0 Å². The summed E-state index contributed by atoms with van der Waals surface area (Å²) in [5.41, 5.74) is 5.41. The predicted molar refractivity (Wildman–Crippen MR) is 125 cm³/mol. The molecule has 4 heteroatoms. The molecule has 0 unspecified atom stereocenters. The molecule has 0 bridgehead atoms. The quantitative estimate of drug-likeness (QED) is 0.446. The number of hydrogen-bond acceptors (Lipinski definition) is 3. The van der Waals surface area contributed by atoms with Crippen LogP contribution in [0.5, 0.6) is 0 Å². The Morgan fingerprint density at radius 2 is 1.79 bits per heavy atom. The van der Waals surface area contributed by atoms with E-state index in [0.29, 0.717) is 11.8 Å². The fraction of sp³-hybridized carbons (Fsp3) is 0.500. The predicted octanol–water partition coefficient (Wildman–Crippen LogP) is 7.58. The summed E-state index contributed by atoms with van der Waals surface area (Å²) >= 11 is 7.88. The maximum Gasteiger partial charge on any atom is 0.106 e. The van der Waals surface area contributed by atoms with Gasteiger partial charge in [0.05, 0.1) is 0 Å². The molecule has 2 N–H and O–H groups in total. The van der Waals surface area contributed by atoms with Crippen molar-refractivity contribution < 1.29 is 0 Å². The van der Waals surface area contributed by atoms with E-state index in [1.165, 1.54) is 22.4 Å². The van der Waals surface area contributed by atoms with Gasteiger partial charge >= 0.3 is 0 Å². The Morgan fingerprint density at radius 3 is 2.36 bits per heavy atom. The van der Waals surface area contributed by atoms with Crippen LogP contribution >= 0.6 is 23.5 Å². The van der Waals surface area contributed by atoms with Gasteiger partial charge in [0, 0.05) is 15.6 Å². The van der Waals surface area contributed by atoms with Gasteiger partial charge in [-0.15, -0.1) is 0 Å². The van der Waals surface area contributed by atoms with Crippen molar-refractivity contribution >= 4 is 23.5 Å². The normalized spacial score (nSPS) is 15.1. The summed E-state index contributed by atoms with van der Waals surface area (Å²) in [6.07, 6.45) is 4.60. The van der Waals surface area contributed by atoms with E-state index in [0.717, 1.165) is 28.6 Å². The zero-order valence-electron chi connectivity index (χ0n) is 18.4. The highest BCUT2D eigenvalue weighted by Crippen LogP contribution is 2.33. The SMILES string of the molecule is C=C(NSc1cc(Cl)cc(C(C)(C)C)c1)NC1=C(C(C)C)CCC=C1C(C)C. The Morgan fingerprint density at radius 1 is 1.11 bits per heavy atom. The monoisotopic (exact) mass is 418 g/mol. The van der Waals surface area contributed by atoms with E-state index in [1.807, 2.05) is 12.1 Å². The first-order valence-corrected chi connectivity index (χ1v) is 11.3. The Bertz CT molecular complexity index is 782. The molecule has 0 saturated heterocycles. The van der Waals surface area contributed by atoms with Crippen molar-refractivity contribution in [3.05, 3.63) is 64.1 Å². The topological polar surface area (TPSA) is 24.1 Å². The molecule has 0 atom stereocenters. The van der Waals surface area contributed by atoms with Gasteiger partial charge in [-0.05, 0) is 76.9 Å². The summed E-state index contributed by atoms with van der Waals surface area (Å²) in [4.78, 5) is 1.08. The summed E-state index contributed by atoms with van der Waals surface area (Å²) in [5.74, 6) is 1.80. The van der Waals surface area contributed by atoms with Crippen molar-refractivity contribution in [2.24, 2.45) is 11.8 Å². The highest BCUT2D eigenvalue weighted by atomic mass is 35.5. The molecule has 0 saturated carbocycles. The van der Waals surface area contributed by atoms with Crippen LogP contribution in [0.25, 0.3) is 0 Å². The zero-order valence-corrected chi connectivity index (χ0v) is 19.9. The van der Waals surface area contributed by atoms with E-state index in [4.69, 9.17) is 11.6 Å². The van der Waals surface area contributed by atoms with Gasteiger partial charge in [-0.25, -0.2) is 0 Å². The minimum atomic E-state index is 0.0610. The Kier molecular flexibility index (Phi) is 7.75. The van der Waals surface area contributed by atoms with Gasteiger partial charge in [0.1, 0.15) is 5.82 Å². The summed E-state index contributed by atoms with van der Waals surface area (Å²) in [6.45, 7) is 19.8. The molecule has 2 rings (SSSR count). The van der Waals surface area contributed by atoms with Crippen LogP contribution < -0.4 is 10.0 Å². The van der Waals surface area contributed by atoms with Crippen LogP contribution in [-0.2, 0) is 5.41 Å². The van der Waals surface area contributed by atoms with Crippen LogP contribution in [0.15, 0.2) is 58.4 Å².